The van der Waals surface area contributed by atoms with Gasteiger partial charge in [0, 0.05) is 22.7 Å². The second-order valence-electron chi connectivity index (χ2n) is 3.54. The molecule has 0 aliphatic heterocycles. The Balaban J connectivity index is 2.24. The zero-order valence-electron chi connectivity index (χ0n) is 9.04. The van der Waals surface area contributed by atoms with Gasteiger partial charge in [-0.15, -0.1) is 11.3 Å². The first-order chi connectivity index (χ1) is 8.08. The Hall–Kier alpha value is -0.900. The fourth-order valence-corrected chi connectivity index (χ4v) is 2.69. The number of nitrogens with zero attached hydrogens (tertiary/aromatic N) is 1. The van der Waals surface area contributed by atoms with Gasteiger partial charge in [-0.25, -0.2) is 4.98 Å². The van der Waals surface area contributed by atoms with Gasteiger partial charge in [-0.05, 0) is 24.6 Å². The Morgan fingerprint density at radius 1 is 1.35 bits per heavy atom. The number of carbonyl (C=O) groups is 1. The van der Waals surface area contributed by atoms with Crippen molar-refractivity contribution < 1.29 is 4.79 Å². The first-order valence-corrected chi connectivity index (χ1v) is 6.53. The summed E-state index contributed by atoms with van der Waals surface area (Å²) in [5.41, 5.74) is 0.673. The molecule has 0 spiro atoms. The van der Waals surface area contributed by atoms with Crippen LogP contribution >= 0.6 is 34.5 Å². The van der Waals surface area contributed by atoms with Crippen LogP contribution in [0.15, 0.2) is 24.4 Å². The number of aromatic nitrogens is 1. The zero-order valence-corrected chi connectivity index (χ0v) is 11.4. The van der Waals surface area contributed by atoms with Crippen molar-refractivity contribution >= 4 is 40.3 Å². The average molecular weight is 286 g/mol. The van der Waals surface area contributed by atoms with E-state index in [9.17, 15) is 4.79 Å². The van der Waals surface area contributed by atoms with Crippen molar-refractivity contribution in [3.05, 3.63) is 49.9 Å². The first-order valence-electron chi connectivity index (χ1n) is 4.96. The van der Waals surface area contributed by atoms with E-state index in [-0.39, 0.29) is 12.2 Å². The van der Waals surface area contributed by atoms with Crippen molar-refractivity contribution in [2.24, 2.45) is 0 Å². The van der Waals surface area contributed by atoms with Crippen molar-refractivity contribution in [1.29, 1.82) is 0 Å². The maximum absolute atomic E-state index is 12.0. The predicted octanol–water partition coefficient (Wildman–Crippen LogP) is 4.18. The highest BCUT2D eigenvalue weighted by molar-refractivity contribution is 7.13. The molecule has 5 heteroatoms. The average Bonchev–Trinajstić information content (AvgIpc) is 2.70. The van der Waals surface area contributed by atoms with Gasteiger partial charge >= 0.3 is 0 Å². The molecule has 0 saturated heterocycles. The Kier molecular flexibility index (Phi) is 3.82. The number of aryl methyl sites for hydroxylation is 1. The summed E-state index contributed by atoms with van der Waals surface area (Å²) in [7, 11) is 0. The number of thiazole rings is 1. The number of benzene rings is 1. The van der Waals surface area contributed by atoms with Gasteiger partial charge in [0.2, 0.25) is 0 Å². The van der Waals surface area contributed by atoms with Crippen LogP contribution in [0, 0.1) is 6.92 Å². The van der Waals surface area contributed by atoms with Crippen molar-refractivity contribution in [3.8, 4) is 0 Å². The van der Waals surface area contributed by atoms with Crippen molar-refractivity contribution in [3.63, 3.8) is 0 Å². The van der Waals surface area contributed by atoms with Crippen LogP contribution in [0.5, 0.6) is 0 Å². The van der Waals surface area contributed by atoms with E-state index in [0.29, 0.717) is 20.5 Å². The van der Waals surface area contributed by atoms with Gasteiger partial charge in [-0.2, -0.15) is 0 Å². The Labute approximate surface area is 113 Å². The summed E-state index contributed by atoms with van der Waals surface area (Å²) in [6.45, 7) is 1.87. The zero-order chi connectivity index (χ0) is 12.4. The van der Waals surface area contributed by atoms with Crippen molar-refractivity contribution in [2.75, 3.05) is 0 Å². The molecule has 1 aromatic heterocycles. The molecule has 2 nitrogen and oxygen atoms in total. The number of Topliss-reactive ketones (excluding diaryl/α,β-unsaturated/α-hetero) is 1. The molecule has 88 valence electrons. The third-order valence-corrected chi connectivity index (χ3v) is 3.96. The molecule has 0 saturated carbocycles. The maximum atomic E-state index is 12.0. The van der Waals surface area contributed by atoms with E-state index in [1.165, 1.54) is 11.3 Å². The molecular weight excluding hydrogens is 277 g/mol. The molecule has 0 radical (unpaired) electrons. The van der Waals surface area contributed by atoms with E-state index in [1.807, 2.05) is 6.92 Å². The van der Waals surface area contributed by atoms with E-state index >= 15 is 0 Å². The smallest absolute Gasteiger partial charge is 0.178 e. The van der Waals surface area contributed by atoms with Crippen LogP contribution in [0.2, 0.25) is 10.0 Å². The molecule has 0 fully saturated rings. The number of hydrogen-bond acceptors (Lipinski definition) is 3. The maximum Gasteiger partial charge on any atom is 0.178 e. The highest BCUT2D eigenvalue weighted by atomic mass is 35.5. The lowest BCUT2D eigenvalue weighted by molar-refractivity contribution is 0.0996. The van der Waals surface area contributed by atoms with Crippen molar-refractivity contribution in [2.45, 2.75) is 13.3 Å². The van der Waals surface area contributed by atoms with E-state index in [1.54, 1.807) is 24.4 Å². The summed E-state index contributed by atoms with van der Waals surface area (Å²) in [5, 5.41) is 1.91. The first kappa shape index (κ1) is 12.6. The lowest BCUT2D eigenvalue weighted by atomic mass is 10.1. The van der Waals surface area contributed by atoms with Crippen molar-refractivity contribution in [1.82, 2.24) is 4.98 Å². The Morgan fingerprint density at radius 2 is 2.00 bits per heavy atom. The molecular formula is C12H9Cl2NOS. The molecule has 1 aromatic carbocycles. The van der Waals surface area contributed by atoms with Gasteiger partial charge in [-0.1, -0.05) is 29.3 Å². The number of carbonyl (C=O) groups excluding carboxylic acids is 1. The molecule has 1 heterocycles. The summed E-state index contributed by atoms with van der Waals surface area (Å²) in [6, 6.07) is 5.22. The van der Waals surface area contributed by atoms with Gasteiger partial charge in [0.15, 0.2) is 5.78 Å². The van der Waals surface area contributed by atoms with Crippen LogP contribution < -0.4 is 0 Å². The van der Waals surface area contributed by atoms with Gasteiger partial charge < -0.3 is 0 Å². The van der Waals surface area contributed by atoms with Crippen LogP contribution in [-0.2, 0) is 6.42 Å². The second kappa shape index (κ2) is 5.17. The summed E-state index contributed by atoms with van der Waals surface area (Å²) < 4.78 is 0. The fraction of sp³-hybridized carbons (Fsp3) is 0.167. The normalized spacial score (nSPS) is 10.5. The fourth-order valence-electron chi connectivity index (χ4n) is 1.44. The number of halogens is 2. The van der Waals surface area contributed by atoms with Crippen LogP contribution in [0.3, 0.4) is 0 Å². The number of ketones is 1. The molecule has 2 aromatic rings. The number of rotatable bonds is 3. The van der Waals surface area contributed by atoms with Gasteiger partial charge in [0.1, 0.15) is 0 Å². The molecule has 0 amide bonds. The Morgan fingerprint density at radius 3 is 2.53 bits per heavy atom. The highest BCUT2D eigenvalue weighted by Gasteiger charge is 2.14. The lowest BCUT2D eigenvalue weighted by Gasteiger charge is -2.04. The summed E-state index contributed by atoms with van der Waals surface area (Å²) in [4.78, 5) is 16.7. The summed E-state index contributed by atoms with van der Waals surface area (Å²) >= 11 is 13.4. The molecule has 0 unspecified atom stereocenters. The molecule has 0 N–H and O–H groups in total. The van der Waals surface area contributed by atoms with E-state index in [2.05, 4.69) is 4.98 Å². The van der Waals surface area contributed by atoms with Crippen LogP contribution in [0.4, 0.5) is 0 Å². The van der Waals surface area contributed by atoms with E-state index in [4.69, 9.17) is 23.2 Å². The van der Waals surface area contributed by atoms with Gasteiger partial charge in [-0.3, -0.25) is 4.79 Å². The molecule has 17 heavy (non-hydrogen) atoms. The topological polar surface area (TPSA) is 30.0 Å². The van der Waals surface area contributed by atoms with Crippen LogP contribution in [0.1, 0.15) is 20.2 Å². The summed E-state index contributed by atoms with van der Waals surface area (Å²) in [5.74, 6) is -0.00870. The third-order valence-electron chi connectivity index (χ3n) is 2.30. The lowest BCUT2D eigenvalue weighted by Crippen LogP contribution is -2.02. The monoisotopic (exact) mass is 285 g/mol. The Bertz CT molecular complexity index is 545. The second-order valence-corrected chi connectivity index (χ2v) is 5.59. The quantitative estimate of drug-likeness (QED) is 0.792. The van der Waals surface area contributed by atoms with Crippen LogP contribution in [-0.4, -0.2) is 10.8 Å². The van der Waals surface area contributed by atoms with Crippen LogP contribution in [0.25, 0.3) is 0 Å². The summed E-state index contributed by atoms with van der Waals surface area (Å²) in [6.07, 6.45) is 1.80. The molecule has 0 aliphatic rings. The molecule has 0 atom stereocenters. The number of hydrogen-bond donors (Lipinski definition) is 0. The largest absolute Gasteiger partial charge is 0.293 e. The predicted molar refractivity (Wildman–Crippen MR) is 71.3 cm³/mol. The molecule has 2 rings (SSSR count). The van der Waals surface area contributed by atoms with E-state index < -0.39 is 0 Å². The molecule has 0 bridgehead atoms. The van der Waals surface area contributed by atoms with Gasteiger partial charge in [0.25, 0.3) is 0 Å². The van der Waals surface area contributed by atoms with Gasteiger partial charge in [0.05, 0.1) is 9.88 Å². The third kappa shape index (κ3) is 2.86. The minimum Gasteiger partial charge on any atom is -0.293 e. The SMILES string of the molecule is Cc1ncc(C(=O)Cc2c(Cl)cccc2Cl)s1. The minimum absolute atomic E-state index is 0.00870. The van der Waals surface area contributed by atoms with E-state index in [0.717, 1.165) is 5.01 Å². The standard InChI is InChI=1S/C12H9Cl2NOS/c1-7-15-6-12(17-7)11(16)5-8-9(13)3-2-4-10(8)14/h2-4,6H,5H2,1H3. The molecule has 0 aliphatic carbocycles. The minimum atomic E-state index is -0.00870. The highest BCUT2D eigenvalue weighted by Crippen LogP contribution is 2.26.